The second-order valence-corrected chi connectivity index (χ2v) is 4.79. The van der Waals surface area contributed by atoms with E-state index in [1.54, 1.807) is 0 Å². The molecule has 1 amide bonds. The first-order valence-electron chi connectivity index (χ1n) is 6.74. The van der Waals surface area contributed by atoms with E-state index in [1.165, 1.54) is 11.1 Å². The first-order valence-corrected chi connectivity index (χ1v) is 6.74. The van der Waals surface area contributed by atoms with Gasteiger partial charge in [-0.05, 0) is 24.5 Å². The lowest BCUT2D eigenvalue weighted by molar-refractivity contribution is -0.134. The van der Waals surface area contributed by atoms with E-state index in [0.29, 0.717) is 13.0 Å². The van der Waals surface area contributed by atoms with Crippen molar-refractivity contribution in [2.75, 3.05) is 0 Å². The molecule has 0 radical (unpaired) electrons. The van der Waals surface area contributed by atoms with Crippen molar-refractivity contribution in [3.8, 4) is 0 Å². The predicted octanol–water partition coefficient (Wildman–Crippen LogP) is 3.18. The first-order chi connectivity index (χ1) is 9.74. The molecule has 2 aromatic rings. The van der Waals surface area contributed by atoms with Crippen LogP contribution in [0.2, 0.25) is 0 Å². The van der Waals surface area contributed by atoms with Crippen LogP contribution in [0.3, 0.4) is 0 Å². The van der Waals surface area contributed by atoms with E-state index < -0.39 is 0 Å². The molecule has 0 aliphatic heterocycles. The van der Waals surface area contributed by atoms with Gasteiger partial charge in [-0.25, -0.2) is 5.48 Å². The van der Waals surface area contributed by atoms with Crippen molar-refractivity contribution in [3.63, 3.8) is 0 Å². The Morgan fingerprint density at radius 3 is 2.55 bits per heavy atom. The Bertz CT molecular complexity index is 552. The van der Waals surface area contributed by atoms with E-state index in [9.17, 15) is 4.79 Å². The van der Waals surface area contributed by atoms with Crippen LogP contribution in [0.5, 0.6) is 0 Å². The van der Waals surface area contributed by atoms with Gasteiger partial charge in [0, 0.05) is 6.42 Å². The van der Waals surface area contributed by atoms with Crippen LogP contribution in [0.15, 0.2) is 54.6 Å². The third-order valence-electron chi connectivity index (χ3n) is 2.99. The molecule has 0 saturated carbocycles. The molecule has 0 aliphatic rings. The highest BCUT2D eigenvalue weighted by Crippen LogP contribution is 2.06. The number of rotatable bonds is 6. The summed E-state index contributed by atoms with van der Waals surface area (Å²) in [5.41, 5.74) is 5.89. The van der Waals surface area contributed by atoms with Gasteiger partial charge in [-0.3, -0.25) is 9.63 Å². The molecule has 0 atom stereocenters. The lowest BCUT2D eigenvalue weighted by Crippen LogP contribution is -2.23. The molecule has 104 valence electrons. The molecule has 0 aromatic heterocycles. The summed E-state index contributed by atoms with van der Waals surface area (Å²) >= 11 is 0. The number of hydrogen-bond acceptors (Lipinski definition) is 2. The number of nitrogens with one attached hydrogen (secondary N) is 1. The lowest BCUT2D eigenvalue weighted by Gasteiger charge is -2.06. The molecule has 20 heavy (non-hydrogen) atoms. The van der Waals surface area contributed by atoms with Crippen LogP contribution in [0.4, 0.5) is 0 Å². The summed E-state index contributed by atoms with van der Waals surface area (Å²) in [6, 6.07) is 17.9. The van der Waals surface area contributed by atoms with Crippen molar-refractivity contribution >= 4 is 5.91 Å². The minimum atomic E-state index is -0.0950. The van der Waals surface area contributed by atoms with Crippen LogP contribution in [0.1, 0.15) is 23.1 Å². The fraction of sp³-hybridized carbons (Fsp3) is 0.235. The van der Waals surface area contributed by atoms with Crippen LogP contribution in [0, 0.1) is 6.92 Å². The molecule has 3 nitrogen and oxygen atoms in total. The Labute approximate surface area is 119 Å². The van der Waals surface area contributed by atoms with Crippen molar-refractivity contribution in [1.29, 1.82) is 0 Å². The largest absolute Gasteiger partial charge is 0.273 e. The van der Waals surface area contributed by atoms with Crippen molar-refractivity contribution < 1.29 is 9.63 Å². The zero-order chi connectivity index (χ0) is 14.2. The van der Waals surface area contributed by atoms with Crippen molar-refractivity contribution in [2.45, 2.75) is 26.4 Å². The lowest BCUT2D eigenvalue weighted by atomic mass is 10.1. The van der Waals surface area contributed by atoms with E-state index in [4.69, 9.17) is 4.84 Å². The number of benzene rings is 2. The zero-order valence-corrected chi connectivity index (χ0v) is 11.6. The van der Waals surface area contributed by atoms with Gasteiger partial charge in [0.1, 0.15) is 0 Å². The summed E-state index contributed by atoms with van der Waals surface area (Å²) in [4.78, 5) is 16.8. The molecule has 0 spiro atoms. The van der Waals surface area contributed by atoms with Gasteiger partial charge in [0.15, 0.2) is 0 Å². The van der Waals surface area contributed by atoms with Gasteiger partial charge in [0.05, 0.1) is 6.61 Å². The second kappa shape index (κ2) is 7.46. The maximum Gasteiger partial charge on any atom is 0.243 e. The quantitative estimate of drug-likeness (QED) is 0.818. The molecular weight excluding hydrogens is 250 g/mol. The minimum absolute atomic E-state index is 0.0950. The van der Waals surface area contributed by atoms with Crippen LogP contribution >= 0.6 is 0 Å². The molecule has 0 fully saturated rings. The third kappa shape index (κ3) is 4.86. The molecule has 0 heterocycles. The Balaban J connectivity index is 1.68. The van der Waals surface area contributed by atoms with Crippen molar-refractivity contribution in [3.05, 3.63) is 71.3 Å². The molecule has 3 heteroatoms. The summed E-state index contributed by atoms with van der Waals surface area (Å²) in [5, 5.41) is 0. The standard InChI is InChI=1S/C17H19NO2/c1-14-6-5-9-15(12-14)10-11-17(19)18-20-13-16-7-3-2-4-8-16/h2-9,12H,10-11,13H2,1H3,(H,18,19). The average Bonchev–Trinajstić information content (AvgIpc) is 2.46. The van der Waals surface area contributed by atoms with Crippen molar-refractivity contribution in [2.24, 2.45) is 0 Å². The Morgan fingerprint density at radius 1 is 1.05 bits per heavy atom. The first kappa shape index (κ1) is 14.3. The summed E-state index contributed by atoms with van der Waals surface area (Å²) in [6.07, 6.45) is 1.15. The van der Waals surface area contributed by atoms with Crippen LogP contribution in [-0.4, -0.2) is 5.91 Å². The van der Waals surface area contributed by atoms with Gasteiger partial charge < -0.3 is 0 Å². The monoisotopic (exact) mass is 269 g/mol. The van der Waals surface area contributed by atoms with Crippen molar-refractivity contribution in [1.82, 2.24) is 5.48 Å². The normalized spacial score (nSPS) is 10.2. The molecule has 0 saturated heterocycles. The van der Waals surface area contributed by atoms with Crippen LogP contribution in [-0.2, 0) is 22.7 Å². The molecular formula is C17H19NO2. The summed E-state index contributed by atoms with van der Waals surface area (Å²) in [7, 11) is 0. The molecule has 0 bridgehead atoms. The SMILES string of the molecule is Cc1cccc(CCC(=O)NOCc2ccccc2)c1. The highest BCUT2D eigenvalue weighted by molar-refractivity contribution is 5.75. The van der Waals surface area contributed by atoms with Gasteiger partial charge >= 0.3 is 0 Å². The van der Waals surface area contributed by atoms with Gasteiger partial charge in [0.2, 0.25) is 5.91 Å². The van der Waals surface area contributed by atoms with Crippen LogP contribution in [0.25, 0.3) is 0 Å². The molecule has 2 rings (SSSR count). The summed E-state index contributed by atoms with van der Waals surface area (Å²) in [5.74, 6) is -0.0950. The molecule has 1 N–H and O–H groups in total. The fourth-order valence-electron chi connectivity index (χ4n) is 1.95. The highest BCUT2D eigenvalue weighted by Gasteiger charge is 2.02. The number of amides is 1. The van der Waals surface area contributed by atoms with Crippen LogP contribution < -0.4 is 5.48 Å². The maximum atomic E-state index is 11.7. The molecule has 2 aromatic carbocycles. The van der Waals surface area contributed by atoms with E-state index in [1.807, 2.05) is 55.5 Å². The topological polar surface area (TPSA) is 38.3 Å². The molecule has 0 unspecified atom stereocenters. The number of carbonyl (C=O) groups is 1. The zero-order valence-electron chi connectivity index (χ0n) is 11.6. The Hall–Kier alpha value is -2.13. The average molecular weight is 269 g/mol. The van der Waals surface area contributed by atoms with E-state index >= 15 is 0 Å². The van der Waals surface area contributed by atoms with E-state index in [2.05, 4.69) is 11.5 Å². The Kier molecular flexibility index (Phi) is 5.33. The smallest absolute Gasteiger partial charge is 0.243 e. The highest BCUT2D eigenvalue weighted by atomic mass is 16.6. The predicted molar refractivity (Wildman–Crippen MR) is 78.9 cm³/mol. The number of aryl methyl sites for hydroxylation is 2. The minimum Gasteiger partial charge on any atom is -0.273 e. The summed E-state index contributed by atoms with van der Waals surface area (Å²) in [6.45, 7) is 2.43. The summed E-state index contributed by atoms with van der Waals surface area (Å²) < 4.78 is 0. The van der Waals surface area contributed by atoms with Gasteiger partial charge in [0.25, 0.3) is 0 Å². The molecule has 0 aliphatic carbocycles. The fourth-order valence-corrected chi connectivity index (χ4v) is 1.95. The van der Waals surface area contributed by atoms with E-state index in [0.717, 1.165) is 12.0 Å². The second-order valence-electron chi connectivity index (χ2n) is 4.79. The van der Waals surface area contributed by atoms with Gasteiger partial charge in [-0.1, -0.05) is 60.2 Å². The van der Waals surface area contributed by atoms with Gasteiger partial charge in [-0.15, -0.1) is 0 Å². The third-order valence-corrected chi connectivity index (χ3v) is 2.99. The number of hydroxylamine groups is 1. The number of hydrogen-bond donors (Lipinski definition) is 1. The Morgan fingerprint density at radius 2 is 1.80 bits per heavy atom. The number of carbonyl (C=O) groups excluding carboxylic acids is 1. The maximum absolute atomic E-state index is 11.7. The van der Waals surface area contributed by atoms with E-state index in [-0.39, 0.29) is 5.91 Å². The van der Waals surface area contributed by atoms with Gasteiger partial charge in [-0.2, -0.15) is 0 Å².